The minimum atomic E-state index is -1.17. The second kappa shape index (κ2) is 6.85. The third-order valence-corrected chi connectivity index (χ3v) is 3.80. The van der Waals surface area contributed by atoms with Gasteiger partial charge in [0, 0.05) is 16.1 Å². The van der Waals surface area contributed by atoms with Crippen LogP contribution in [0.1, 0.15) is 28.9 Å². The summed E-state index contributed by atoms with van der Waals surface area (Å²) in [6, 6.07) is 8.10. The molecule has 2 N–H and O–H groups in total. The fraction of sp³-hybridized carbons (Fsp3) is 0.133. The average molecular weight is 355 g/mol. The van der Waals surface area contributed by atoms with E-state index in [1.54, 1.807) is 25.1 Å². The molecule has 0 aliphatic carbocycles. The Morgan fingerprint density at radius 2 is 1.96 bits per heavy atom. The lowest BCUT2D eigenvalue weighted by molar-refractivity contribution is -0.384. The molecule has 0 aliphatic rings. The number of halogens is 2. The molecular formula is C15H12Cl2N2O4. The molecule has 0 spiro atoms. The van der Waals surface area contributed by atoms with Crippen molar-refractivity contribution in [2.24, 2.45) is 0 Å². The number of carbonyl (C=O) groups is 1. The topological polar surface area (TPSA) is 92.5 Å². The summed E-state index contributed by atoms with van der Waals surface area (Å²) in [6.07, 6.45) is 0. The van der Waals surface area contributed by atoms with Gasteiger partial charge in [0.1, 0.15) is 5.69 Å². The molecule has 1 atom stereocenters. The standard InChI is InChI=1S/C15H12Cl2N2O4/c1-8(11-4-3-10(16)7-12(11)17)18-13-6-9(15(20)21)2-5-14(13)19(22)23/h2-8,18H,1H3,(H,20,21). The van der Waals surface area contributed by atoms with Crippen molar-refractivity contribution in [1.82, 2.24) is 0 Å². The maximum atomic E-state index is 11.1. The molecule has 2 rings (SSSR count). The van der Waals surface area contributed by atoms with Crippen LogP contribution >= 0.6 is 23.2 Å². The first-order valence-corrected chi connectivity index (χ1v) is 7.28. The third-order valence-electron chi connectivity index (χ3n) is 3.24. The number of aromatic carboxylic acids is 1. The number of nitro benzene ring substituents is 1. The highest BCUT2D eigenvalue weighted by Gasteiger charge is 2.19. The summed E-state index contributed by atoms with van der Waals surface area (Å²) in [5.41, 5.74) is 0.527. The first-order valence-electron chi connectivity index (χ1n) is 6.53. The zero-order valence-electron chi connectivity index (χ0n) is 11.9. The number of nitro groups is 1. The molecule has 23 heavy (non-hydrogen) atoms. The summed E-state index contributed by atoms with van der Waals surface area (Å²) >= 11 is 12.0. The summed E-state index contributed by atoms with van der Waals surface area (Å²) in [5.74, 6) is -1.17. The highest BCUT2D eigenvalue weighted by Crippen LogP contribution is 2.32. The highest BCUT2D eigenvalue weighted by atomic mass is 35.5. The first-order chi connectivity index (χ1) is 10.8. The van der Waals surface area contributed by atoms with E-state index in [1.165, 1.54) is 12.1 Å². The smallest absolute Gasteiger partial charge is 0.335 e. The minimum Gasteiger partial charge on any atom is -0.478 e. The SMILES string of the molecule is CC(Nc1cc(C(=O)O)ccc1[N+](=O)[O-])c1ccc(Cl)cc1Cl. The Bertz CT molecular complexity index is 780. The Balaban J connectivity index is 2.39. The van der Waals surface area contributed by atoms with Crippen LogP contribution in [-0.4, -0.2) is 16.0 Å². The van der Waals surface area contributed by atoms with E-state index in [0.29, 0.717) is 15.6 Å². The lowest BCUT2D eigenvalue weighted by Gasteiger charge is -2.17. The fourth-order valence-corrected chi connectivity index (χ4v) is 2.68. The van der Waals surface area contributed by atoms with Crippen molar-refractivity contribution >= 4 is 40.5 Å². The molecule has 8 heteroatoms. The van der Waals surface area contributed by atoms with Crippen LogP contribution in [-0.2, 0) is 0 Å². The Kier molecular flexibility index (Phi) is 5.08. The van der Waals surface area contributed by atoms with Gasteiger partial charge in [-0.2, -0.15) is 0 Å². The summed E-state index contributed by atoms with van der Waals surface area (Å²) < 4.78 is 0. The first kappa shape index (κ1) is 17.1. The molecule has 0 saturated heterocycles. The Labute approximate surface area is 141 Å². The number of nitrogens with zero attached hydrogens (tertiary/aromatic N) is 1. The average Bonchev–Trinajstić information content (AvgIpc) is 2.46. The second-order valence-electron chi connectivity index (χ2n) is 4.83. The molecule has 2 aromatic rings. The van der Waals surface area contributed by atoms with E-state index in [4.69, 9.17) is 28.3 Å². The van der Waals surface area contributed by atoms with E-state index in [1.807, 2.05) is 0 Å². The number of rotatable bonds is 5. The van der Waals surface area contributed by atoms with Crippen molar-refractivity contribution in [3.05, 3.63) is 67.7 Å². The fourth-order valence-electron chi connectivity index (χ4n) is 2.11. The van der Waals surface area contributed by atoms with Crippen molar-refractivity contribution < 1.29 is 14.8 Å². The quantitative estimate of drug-likeness (QED) is 0.595. The molecule has 0 saturated carbocycles. The predicted molar refractivity (Wildman–Crippen MR) is 88.6 cm³/mol. The number of anilines is 1. The number of carboxylic acid groups (broad SMARTS) is 1. The van der Waals surface area contributed by atoms with Gasteiger partial charge in [0.2, 0.25) is 0 Å². The van der Waals surface area contributed by atoms with Gasteiger partial charge in [-0.1, -0.05) is 29.3 Å². The number of carboxylic acids is 1. The lowest BCUT2D eigenvalue weighted by atomic mass is 10.1. The summed E-state index contributed by atoms with van der Waals surface area (Å²) in [5, 5.41) is 24.0. The molecule has 120 valence electrons. The molecular weight excluding hydrogens is 343 g/mol. The number of nitrogens with one attached hydrogen (secondary N) is 1. The summed E-state index contributed by atoms with van der Waals surface area (Å²) in [6.45, 7) is 1.76. The maximum Gasteiger partial charge on any atom is 0.335 e. The third kappa shape index (κ3) is 3.91. The van der Waals surface area contributed by atoms with Crippen molar-refractivity contribution in [2.75, 3.05) is 5.32 Å². The lowest BCUT2D eigenvalue weighted by Crippen LogP contribution is -2.10. The largest absolute Gasteiger partial charge is 0.478 e. The Morgan fingerprint density at radius 1 is 1.26 bits per heavy atom. The zero-order valence-corrected chi connectivity index (χ0v) is 13.4. The van der Waals surface area contributed by atoms with Crippen LogP contribution in [0.3, 0.4) is 0 Å². The molecule has 0 fully saturated rings. The van der Waals surface area contributed by atoms with Crippen LogP contribution in [0.15, 0.2) is 36.4 Å². The van der Waals surface area contributed by atoms with Crippen LogP contribution in [0.5, 0.6) is 0 Å². The molecule has 1 unspecified atom stereocenters. The van der Waals surface area contributed by atoms with Crippen molar-refractivity contribution in [3.8, 4) is 0 Å². The summed E-state index contributed by atoms with van der Waals surface area (Å²) in [4.78, 5) is 21.6. The van der Waals surface area contributed by atoms with Crippen molar-refractivity contribution in [1.29, 1.82) is 0 Å². The zero-order chi connectivity index (χ0) is 17.1. The van der Waals surface area contributed by atoms with Crippen LogP contribution in [0, 0.1) is 10.1 Å². The molecule has 0 amide bonds. The van der Waals surface area contributed by atoms with Crippen LogP contribution in [0.25, 0.3) is 0 Å². The van der Waals surface area contributed by atoms with Gasteiger partial charge >= 0.3 is 5.97 Å². The van der Waals surface area contributed by atoms with Gasteiger partial charge in [-0.25, -0.2) is 4.79 Å². The number of hydrogen-bond acceptors (Lipinski definition) is 4. The van der Waals surface area contributed by atoms with Gasteiger partial charge in [-0.15, -0.1) is 0 Å². The van der Waals surface area contributed by atoms with Gasteiger partial charge in [0.15, 0.2) is 0 Å². The van der Waals surface area contributed by atoms with Crippen LogP contribution < -0.4 is 5.32 Å². The van der Waals surface area contributed by atoms with Gasteiger partial charge in [0.25, 0.3) is 5.69 Å². The molecule has 6 nitrogen and oxygen atoms in total. The van der Waals surface area contributed by atoms with Gasteiger partial charge in [0.05, 0.1) is 16.5 Å². The molecule has 0 radical (unpaired) electrons. The van der Waals surface area contributed by atoms with Crippen molar-refractivity contribution in [3.63, 3.8) is 0 Å². The van der Waals surface area contributed by atoms with E-state index < -0.39 is 10.9 Å². The van der Waals surface area contributed by atoms with Crippen molar-refractivity contribution in [2.45, 2.75) is 13.0 Å². The molecule has 2 aromatic carbocycles. The monoisotopic (exact) mass is 354 g/mol. The normalized spacial score (nSPS) is 11.8. The second-order valence-corrected chi connectivity index (χ2v) is 5.67. The van der Waals surface area contributed by atoms with Crippen LogP contribution in [0.4, 0.5) is 11.4 Å². The molecule has 0 heterocycles. The van der Waals surface area contributed by atoms with Gasteiger partial charge < -0.3 is 10.4 Å². The van der Waals surface area contributed by atoms with E-state index in [9.17, 15) is 14.9 Å². The molecule has 0 aromatic heterocycles. The minimum absolute atomic E-state index is 0.0486. The number of hydrogen-bond donors (Lipinski definition) is 2. The summed E-state index contributed by atoms with van der Waals surface area (Å²) in [7, 11) is 0. The Hall–Kier alpha value is -2.31. The maximum absolute atomic E-state index is 11.1. The van der Waals surface area contributed by atoms with E-state index >= 15 is 0 Å². The number of benzene rings is 2. The van der Waals surface area contributed by atoms with E-state index in [0.717, 1.165) is 6.07 Å². The van der Waals surface area contributed by atoms with E-state index in [-0.39, 0.29) is 23.0 Å². The van der Waals surface area contributed by atoms with Crippen LogP contribution in [0.2, 0.25) is 10.0 Å². The van der Waals surface area contributed by atoms with Gasteiger partial charge in [-0.3, -0.25) is 10.1 Å². The molecule has 0 aliphatic heterocycles. The van der Waals surface area contributed by atoms with E-state index in [2.05, 4.69) is 5.32 Å². The Morgan fingerprint density at radius 3 is 2.52 bits per heavy atom. The highest BCUT2D eigenvalue weighted by molar-refractivity contribution is 6.35. The predicted octanol–water partition coefficient (Wildman–Crippen LogP) is 4.77. The molecule has 0 bridgehead atoms. The van der Waals surface area contributed by atoms with Gasteiger partial charge in [-0.05, 0) is 36.8 Å².